The third-order valence-electron chi connectivity index (χ3n) is 5.33. The molecule has 0 amide bonds. The number of aromatic amines is 1. The van der Waals surface area contributed by atoms with Crippen LogP contribution < -0.4 is 9.47 Å². The van der Waals surface area contributed by atoms with E-state index in [1.54, 1.807) is 6.08 Å². The van der Waals surface area contributed by atoms with Gasteiger partial charge in [0.05, 0.1) is 0 Å². The number of ether oxygens (including phenoxy) is 2. The molecular formula is C25H28N2O3. The minimum absolute atomic E-state index is 0.226. The highest BCUT2D eigenvalue weighted by molar-refractivity contribution is 5.92. The molecule has 4 rings (SSSR count). The van der Waals surface area contributed by atoms with Crippen LogP contribution >= 0.6 is 0 Å². The molecule has 2 aromatic carbocycles. The standard InChI is InChI=1S/C25H28N2O3/c1-2-15-29-24-9-5-6-10-25(24)30-18-20(28)17-27-13-11-19(12-14-27)22-16-26-23-8-4-3-7-21(22)23/h2-11,16,20,26,28H,1,12-15,17-18H2. The van der Waals surface area contributed by atoms with E-state index in [-0.39, 0.29) is 6.61 Å². The van der Waals surface area contributed by atoms with Gasteiger partial charge >= 0.3 is 0 Å². The van der Waals surface area contributed by atoms with Gasteiger partial charge in [-0.2, -0.15) is 0 Å². The summed E-state index contributed by atoms with van der Waals surface area (Å²) in [5.74, 6) is 1.30. The maximum absolute atomic E-state index is 10.5. The molecule has 1 atom stereocenters. The smallest absolute Gasteiger partial charge is 0.161 e. The van der Waals surface area contributed by atoms with Gasteiger partial charge in [-0.15, -0.1) is 0 Å². The molecule has 0 radical (unpaired) electrons. The summed E-state index contributed by atoms with van der Waals surface area (Å²) in [5.41, 5.74) is 3.81. The van der Waals surface area contributed by atoms with Crippen LogP contribution in [0.4, 0.5) is 0 Å². The number of aliphatic hydroxyl groups is 1. The van der Waals surface area contributed by atoms with Crippen molar-refractivity contribution >= 4 is 16.5 Å². The van der Waals surface area contributed by atoms with Crippen molar-refractivity contribution in [1.29, 1.82) is 0 Å². The van der Waals surface area contributed by atoms with Crippen LogP contribution in [0.15, 0.2) is 73.5 Å². The molecule has 0 bridgehead atoms. The number of nitrogens with one attached hydrogen (secondary N) is 1. The molecule has 2 N–H and O–H groups in total. The van der Waals surface area contributed by atoms with Gasteiger partial charge in [0, 0.05) is 42.3 Å². The van der Waals surface area contributed by atoms with Gasteiger partial charge in [0.25, 0.3) is 0 Å². The summed E-state index contributed by atoms with van der Waals surface area (Å²) in [6.07, 6.45) is 6.46. The fraction of sp³-hybridized carbons (Fsp3) is 0.280. The van der Waals surface area contributed by atoms with E-state index in [1.807, 2.05) is 30.3 Å². The third kappa shape index (κ3) is 4.75. The maximum atomic E-state index is 10.5. The van der Waals surface area contributed by atoms with Crippen molar-refractivity contribution in [2.45, 2.75) is 12.5 Å². The lowest BCUT2D eigenvalue weighted by Gasteiger charge is -2.28. The van der Waals surface area contributed by atoms with Crippen LogP contribution in [-0.2, 0) is 0 Å². The van der Waals surface area contributed by atoms with Gasteiger partial charge in [0.2, 0.25) is 0 Å². The van der Waals surface area contributed by atoms with E-state index >= 15 is 0 Å². The van der Waals surface area contributed by atoms with Crippen LogP contribution in [0.2, 0.25) is 0 Å². The van der Waals surface area contributed by atoms with Crippen molar-refractivity contribution in [3.05, 3.63) is 79.0 Å². The summed E-state index contributed by atoms with van der Waals surface area (Å²) in [6.45, 7) is 6.63. The number of β-amino-alcohol motifs (C(OH)–C–C–N with tert-alkyl or cyclic N) is 1. The quantitative estimate of drug-likeness (QED) is 0.523. The summed E-state index contributed by atoms with van der Waals surface area (Å²) in [4.78, 5) is 5.61. The molecule has 1 aromatic heterocycles. The van der Waals surface area contributed by atoms with Gasteiger partial charge in [-0.1, -0.05) is 49.1 Å². The minimum Gasteiger partial charge on any atom is -0.487 e. The van der Waals surface area contributed by atoms with Crippen LogP contribution in [-0.4, -0.2) is 53.9 Å². The summed E-state index contributed by atoms with van der Waals surface area (Å²) in [5, 5.41) is 11.7. The fourth-order valence-corrected chi connectivity index (χ4v) is 3.83. The van der Waals surface area contributed by atoms with E-state index in [4.69, 9.17) is 9.47 Å². The number of rotatable bonds is 9. The van der Waals surface area contributed by atoms with Crippen LogP contribution in [0.5, 0.6) is 11.5 Å². The molecule has 0 spiro atoms. The minimum atomic E-state index is -0.569. The highest BCUT2D eigenvalue weighted by atomic mass is 16.5. The van der Waals surface area contributed by atoms with Gasteiger partial charge in [-0.3, -0.25) is 4.90 Å². The van der Waals surface area contributed by atoms with Crippen molar-refractivity contribution < 1.29 is 14.6 Å². The average molecular weight is 405 g/mol. The number of H-pyrrole nitrogens is 1. The zero-order chi connectivity index (χ0) is 20.8. The van der Waals surface area contributed by atoms with E-state index in [1.165, 1.54) is 22.0 Å². The van der Waals surface area contributed by atoms with Gasteiger partial charge in [-0.05, 0) is 30.2 Å². The summed E-state index contributed by atoms with van der Waals surface area (Å²) < 4.78 is 11.4. The van der Waals surface area contributed by atoms with Crippen LogP contribution in [0, 0.1) is 0 Å². The predicted molar refractivity (Wildman–Crippen MR) is 121 cm³/mol. The Bertz CT molecular complexity index is 1020. The number of aliphatic hydroxyl groups excluding tert-OH is 1. The van der Waals surface area contributed by atoms with Gasteiger partial charge in [0.1, 0.15) is 19.3 Å². The van der Waals surface area contributed by atoms with Crippen molar-refractivity contribution in [2.75, 3.05) is 32.8 Å². The Morgan fingerprint density at radius 3 is 2.63 bits per heavy atom. The lowest BCUT2D eigenvalue weighted by molar-refractivity contribution is 0.0704. The van der Waals surface area contributed by atoms with Crippen molar-refractivity contribution in [3.8, 4) is 11.5 Å². The van der Waals surface area contributed by atoms with E-state index in [0.717, 1.165) is 19.5 Å². The zero-order valence-electron chi connectivity index (χ0n) is 17.1. The largest absolute Gasteiger partial charge is 0.487 e. The predicted octanol–water partition coefficient (Wildman–Crippen LogP) is 4.26. The first-order valence-electron chi connectivity index (χ1n) is 10.4. The maximum Gasteiger partial charge on any atom is 0.161 e. The molecule has 30 heavy (non-hydrogen) atoms. The number of benzene rings is 2. The number of aromatic nitrogens is 1. The molecule has 156 valence electrons. The molecule has 1 aliphatic heterocycles. The summed E-state index contributed by atoms with van der Waals surface area (Å²) in [7, 11) is 0. The Balaban J connectivity index is 1.30. The monoisotopic (exact) mass is 404 g/mol. The van der Waals surface area contributed by atoms with Gasteiger partial charge in [-0.25, -0.2) is 0 Å². The first kappa shape index (κ1) is 20.3. The number of hydrogen-bond donors (Lipinski definition) is 2. The summed E-state index contributed by atoms with van der Waals surface area (Å²) >= 11 is 0. The zero-order valence-corrected chi connectivity index (χ0v) is 17.1. The van der Waals surface area contributed by atoms with Gasteiger partial charge < -0.3 is 19.6 Å². The second-order valence-electron chi connectivity index (χ2n) is 7.50. The molecule has 2 heterocycles. The molecule has 0 saturated heterocycles. The Morgan fingerprint density at radius 2 is 1.87 bits per heavy atom. The Kier molecular flexibility index (Phi) is 6.52. The molecule has 3 aromatic rings. The summed E-state index contributed by atoms with van der Waals surface area (Å²) in [6, 6.07) is 15.9. The number of hydrogen-bond acceptors (Lipinski definition) is 4. The van der Waals surface area contributed by atoms with Gasteiger partial charge in [0.15, 0.2) is 11.5 Å². The Hall–Kier alpha value is -3.02. The second-order valence-corrected chi connectivity index (χ2v) is 7.50. The highest BCUT2D eigenvalue weighted by Gasteiger charge is 2.18. The second kappa shape index (κ2) is 9.65. The SMILES string of the molecule is C=CCOc1ccccc1OCC(O)CN1CC=C(c2c[nH]c3ccccc23)CC1. The number of nitrogens with zero attached hydrogens (tertiary/aromatic N) is 1. The van der Waals surface area contributed by atoms with Crippen molar-refractivity contribution in [3.63, 3.8) is 0 Å². The average Bonchev–Trinajstić information content (AvgIpc) is 3.21. The Morgan fingerprint density at radius 1 is 1.10 bits per heavy atom. The van der Waals surface area contributed by atoms with Crippen molar-refractivity contribution in [2.24, 2.45) is 0 Å². The molecule has 5 nitrogen and oxygen atoms in total. The molecular weight excluding hydrogens is 376 g/mol. The molecule has 5 heteroatoms. The van der Waals surface area contributed by atoms with E-state index < -0.39 is 6.10 Å². The number of para-hydroxylation sites is 3. The van der Waals surface area contributed by atoms with Crippen LogP contribution in [0.3, 0.4) is 0 Å². The Labute approximate surface area is 177 Å². The van der Waals surface area contributed by atoms with Crippen molar-refractivity contribution in [1.82, 2.24) is 9.88 Å². The molecule has 1 aliphatic rings. The van der Waals surface area contributed by atoms with E-state index in [9.17, 15) is 5.11 Å². The third-order valence-corrected chi connectivity index (χ3v) is 5.33. The lowest BCUT2D eigenvalue weighted by Crippen LogP contribution is -2.38. The first-order chi connectivity index (χ1) is 14.7. The molecule has 1 unspecified atom stereocenters. The fourth-order valence-electron chi connectivity index (χ4n) is 3.83. The molecule has 0 saturated carbocycles. The lowest BCUT2D eigenvalue weighted by atomic mass is 9.99. The first-order valence-corrected chi connectivity index (χ1v) is 10.4. The van der Waals surface area contributed by atoms with Crippen LogP contribution in [0.25, 0.3) is 16.5 Å². The van der Waals surface area contributed by atoms with Crippen LogP contribution in [0.1, 0.15) is 12.0 Å². The molecule has 0 aliphatic carbocycles. The normalized spacial score (nSPS) is 15.6. The van der Waals surface area contributed by atoms with E-state index in [2.05, 4.69) is 46.9 Å². The topological polar surface area (TPSA) is 57.7 Å². The van der Waals surface area contributed by atoms with E-state index in [0.29, 0.717) is 24.7 Å². The highest BCUT2D eigenvalue weighted by Crippen LogP contribution is 2.29. The molecule has 0 fully saturated rings. The number of fused-ring (bicyclic) bond motifs is 1.